The number of hydrogen-bond donors (Lipinski definition) is 2. The normalized spacial score (nSPS) is 13.6. The van der Waals surface area contributed by atoms with Gasteiger partial charge in [-0.3, -0.25) is 9.52 Å². The molecule has 0 spiro atoms. The summed E-state index contributed by atoms with van der Waals surface area (Å²) in [7, 11) is -5.01. The van der Waals surface area contributed by atoms with E-state index in [-0.39, 0.29) is 21.4 Å². The van der Waals surface area contributed by atoms with E-state index in [4.69, 9.17) is 0 Å². The van der Waals surface area contributed by atoms with Crippen molar-refractivity contribution in [3.8, 4) is 0 Å². The van der Waals surface area contributed by atoms with E-state index < -0.39 is 20.0 Å². The van der Waals surface area contributed by atoms with Crippen molar-refractivity contribution in [3.63, 3.8) is 0 Å². The molecule has 1 amide bonds. The fraction of sp³-hybridized carbons (Fsp3) is 0.190. The first-order chi connectivity index (χ1) is 14.4. The van der Waals surface area contributed by atoms with Crippen LogP contribution >= 0.6 is 0 Å². The van der Waals surface area contributed by atoms with Gasteiger partial charge < -0.3 is 5.32 Å². The van der Waals surface area contributed by atoms with Crippen LogP contribution in [0.1, 0.15) is 21.5 Å². The number of carbonyl (C=O) groups excluding carboxylic acids is 1. The first-order valence-corrected chi connectivity index (χ1v) is 12.3. The highest BCUT2D eigenvalue weighted by molar-refractivity contribution is 7.93. The first kappa shape index (κ1) is 21.3. The topological polar surface area (TPSA) is 113 Å². The zero-order valence-electron chi connectivity index (χ0n) is 17.3. The molecule has 0 unspecified atom stereocenters. The summed E-state index contributed by atoms with van der Waals surface area (Å²) >= 11 is 0. The van der Waals surface area contributed by atoms with Crippen molar-refractivity contribution in [1.82, 2.24) is 4.31 Å². The molecule has 3 aromatic rings. The van der Waals surface area contributed by atoms with Crippen molar-refractivity contribution in [2.24, 2.45) is 0 Å². The molecule has 0 fully saturated rings. The van der Waals surface area contributed by atoms with Crippen LogP contribution in [0, 0.1) is 13.8 Å². The Labute approximate surface area is 181 Å². The highest BCUT2D eigenvalue weighted by atomic mass is 32.2. The van der Waals surface area contributed by atoms with Gasteiger partial charge in [0.05, 0.1) is 15.5 Å². The molecular weight excluding hydrogens is 438 g/mol. The van der Waals surface area contributed by atoms with Crippen molar-refractivity contribution in [2.45, 2.75) is 23.6 Å². The van der Waals surface area contributed by atoms with Crippen LogP contribution in [-0.2, 0) is 20.0 Å². The number of carbonyl (C=O) groups is 1. The van der Waals surface area contributed by atoms with Gasteiger partial charge in [-0.2, -0.15) is 0 Å². The molecule has 8 nitrogen and oxygen atoms in total. The second-order valence-electron chi connectivity index (χ2n) is 7.60. The van der Waals surface area contributed by atoms with Crippen molar-refractivity contribution < 1.29 is 21.6 Å². The minimum Gasteiger partial charge on any atom is -0.321 e. The van der Waals surface area contributed by atoms with Crippen LogP contribution in [0.2, 0.25) is 0 Å². The Hall–Kier alpha value is -2.95. The fourth-order valence-corrected chi connectivity index (χ4v) is 5.92. The van der Waals surface area contributed by atoms with Crippen LogP contribution in [-0.4, -0.2) is 41.1 Å². The number of hydrogen-bond acceptors (Lipinski definition) is 5. The van der Waals surface area contributed by atoms with Gasteiger partial charge >= 0.3 is 0 Å². The lowest BCUT2D eigenvalue weighted by Crippen LogP contribution is -2.23. The number of nitrogens with one attached hydrogen (secondary N) is 2. The van der Waals surface area contributed by atoms with E-state index in [2.05, 4.69) is 10.0 Å². The molecular formula is C21H21N3O5S2. The maximum atomic E-state index is 13.3. The SMILES string of the molecule is Cc1cc(S(=O)(=O)N(C)C)cc(NS(=O)(=O)c2ccc3c4c(cccc24)C(=O)N3)c1C. The van der Waals surface area contributed by atoms with E-state index in [0.717, 1.165) is 4.31 Å². The highest BCUT2D eigenvalue weighted by Gasteiger charge is 2.27. The summed E-state index contributed by atoms with van der Waals surface area (Å²) in [6, 6.07) is 10.7. The lowest BCUT2D eigenvalue weighted by Gasteiger charge is -2.17. The Morgan fingerprint density at radius 2 is 1.68 bits per heavy atom. The van der Waals surface area contributed by atoms with Gasteiger partial charge in [0.25, 0.3) is 15.9 Å². The van der Waals surface area contributed by atoms with Crippen molar-refractivity contribution >= 4 is 48.1 Å². The third-order valence-corrected chi connectivity index (χ3v) is 8.66. The van der Waals surface area contributed by atoms with Crippen LogP contribution in [0.5, 0.6) is 0 Å². The standard InChI is InChI=1S/C21H21N3O5S2/c1-12-10-14(31(28,29)24(3)4)11-18(13(12)2)23-30(26,27)19-9-8-17-20-15(19)6-5-7-16(20)21(25)22-17/h5-11,23H,1-4H3,(H,22,25). The Bertz CT molecular complexity index is 1480. The maximum absolute atomic E-state index is 13.3. The number of aryl methyl sites for hydroxylation is 1. The fourth-order valence-electron chi connectivity index (χ4n) is 3.59. The molecule has 1 aliphatic rings. The number of sulfonamides is 2. The van der Waals surface area contributed by atoms with Gasteiger partial charge in [-0.15, -0.1) is 0 Å². The molecule has 0 saturated heterocycles. The van der Waals surface area contributed by atoms with Crippen LogP contribution in [0.25, 0.3) is 10.8 Å². The predicted octanol–water partition coefficient (Wildman–Crippen LogP) is 3.07. The molecule has 0 saturated carbocycles. The predicted molar refractivity (Wildman–Crippen MR) is 119 cm³/mol. The van der Waals surface area contributed by atoms with E-state index >= 15 is 0 Å². The molecule has 0 radical (unpaired) electrons. The van der Waals surface area contributed by atoms with Crippen LogP contribution in [0.4, 0.5) is 11.4 Å². The molecule has 0 atom stereocenters. The molecule has 0 bridgehead atoms. The Morgan fingerprint density at radius 3 is 2.35 bits per heavy atom. The number of nitrogens with zero attached hydrogens (tertiary/aromatic N) is 1. The van der Waals surface area contributed by atoms with E-state index in [0.29, 0.717) is 33.2 Å². The van der Waals surface area contributed by atoms with E-state index in [9.17, 15) is 21.6 Å². The van der Waals surface area contributed by atoms with E-state index in [1.165, 1.54) is 32.3 Å². The third-order valence-electron chi connectivity index (χ3n) is 5.45. The molecule has 0 aromatic heterocycles. The van der Waals surface area contributed by atoms with E-state index in [1.54, 1.807) is 38.1 Å². The molecule has 1 heterocycles. The molecule has 2 N–H and O–H groups in total. The lowest BCUT2D eigenvalue weighted by atomic mass is 10.1. The monoisotopic (exact) mass is 459 g/mol. The lowest BCUT2D eigenvalue weighted by molar-refractivity contribution is 0.103. The quantitative estimate of drug-likeness (QED) is 0.609. The second-order valence-corrected chi connectivity index (χ2v) is 11.4. The molecule has 10 heteroatoms. The Kier molecular flexibility index (Phi) is 4.84. The van der Waals surface area contributed by atoms with Crippen LogP contribution in [0.3, 0.4) is 0 Å². The minimum absolute atomic E-state index is 0.00234. The minimum atomic E-state index is -4.08. The van der Waals surface area contributed by atoms with Gasteiger partial charge in [-0.05, 0) is 55.3 Å². The molecule has 4 rings (SSSR count). The van der Waals surface area contributed by atoms with Crippen molar-refractivity contribution in [1.29, 1.82) is 0 Å². The summed E-state index contributed by atoms with van der Waals surface area (Å²) in [6.45, 7) is 3.44. The molecule has 1 aliphatic heterocycles. The summed E-state index contributed by atoms with van der Waals surface area (Å²) < 4.78 is 55.4. The number of benzene rings is 3. The summed E-state index contributed by atoms with van der Waals surface area (Å²) in [5.41, 5.74) is 2.40. The van der Waals surface area contributed by atoms with Gasteiger partial charge in [0.2, 0.25) is 10.0 Å². The van der Waals surface area contributed by atoms with Gasteiger partial charge in [0.15, 0.2) is 0 Å². The molecule has 162 valence electrons. The molecule has 3 aromatic carbocycles. The number of amides is 1. The van der Waals surface area contributed by atoms with Gasteiger partial charge in [0, 0.05) is 36.1 Å². The average Bonchev–Trinajstić information content (AvgIpc) is 3.02. The molecule has 31 heavy (non-hydrogen) atoms. The van der Waals surface area contributed by atoms with Gasteiger partial charge in [0.1, 0.15) is 0 Å². The Morgan fingerprint density at radius 1 is 0.968 bits per heavy atom. The van der Waals surface area contributed by atoms with Crippen molar-refractivity contribution in [3.05, 3.63) is 59.2 Å². The largest absolute Gasteiger partial charge is 0.321 e. The van der Waals surface area contributed by atoms with Crippen LogP contribution in [0.15, 0.2) is 52.3 Å². The van der Waals surface area contributed by atoms with Crippen molar-refractivity contribution in [2.75, 3.05) is 24.1 Å². The summed E-state index contributed by atoms with van der Waals surface area (Å²) in [4.78, 5) is 12.1. The third kappa shape index (κ3) is 3.36. The average molecular weight is 460 g/mol. The Balaban J connectivity index is 1.86. The van der Waals surface area contributed by atoms with Crippen LogP contribution < -0.4 is 10.0 Å². The maximum Gasteiger partial charge on any atom is 0.262 e. The van der Waals surface area contributed by atoms with Gasteiger partial charge in [-0.25, -0.2) is 21.1 Å². The summed E-state index contributed by atoms with van der Waals surface area (Å²) in [5, 5.41) is 3.68. The summed E-state index contributed by atoms with van der Waals surface area (Å²) in [5.74, 6) is -0.281. The smallest absolute Gasteiger partial charge is 0.262 e. The van der Waals surface area contributed by atoms with Gasteiger partial charge in [-0.1, -0.05) is 12.1 Å². The molecule has 0 aliphatic carbocycles. The number of rotatable bonds is 5. The number of anilines is 2. The second kappa shape index (κ2) is 7.04. The summed E-state index contributed by atoms with van der Waals surface area (Å²) in [6.07, 6.45) is 0. The zero-order chi connectivity index (χ0) is 22.7. The zero-order valence-corrected chi connectivity index (χ0v) is 19.0. The highest BCUT2D eigenvalue weighted by Crippen LogP contribution is 2.37. The van der Waals surface area contributed by atoms with E-state index in [1.807, 2.05) is 0 Å². The first-order valence-electron chi connectivity index (χ1n) is 9.37.